The van der Waals surface area contributed by atoms with Crippen molar-refractivity contribution in [2.45, 2.75) is 144 Å². The summed E-state index contributed by atoms with van der Waals surface area (Å²) in [6.07, 6.45) is 21.8. The molecule has 37 heavy (non-hydrogen) atoms. The number of esters is 1. The first-order valence-corrected chi connectivity index (χ1v) is 16.5. The summed E-state index contributed by atoms with van der Waals surface area (Å²) in [6, 6.07) is 0. The van der Waals surface area contributed by atoms with Crippen LogP contribution in [0.25, 0.3) is 0 Å². The van der Waals surface area contributed by atoms with E-state index in [-0.39, 0.29) is 18.0 Å². The Morgan fingerprint density at radius 3 is 2.43 bits per heavy atom. The van der Waals surface area contributed by atoms with E-state index in [0.29, 0.717) is 10.8 Å². The zero-order valence-electron chi connectivity index (χ0n) is 25.2. The Bertz CT molecular complexity index is 834. The molecule has 5 rings (SSSR count). The van der Waals surface area contributed by atoms with Crippen molar-refractivity contribution in [3.8, 4) is 0 Å². The molecule has 4 saturated carbocycles. The summed E-state index contributed by atoms with van der Waals surface area (Å²) in [5, 5.41) is 0. The molecule has 4 fully saturated rings. The summed E-state index contributed by atoms with van der Waals surface area (Å²) in [7, 11) is 0. The number of fused-ring (bicyclic) bond motifs is 5. The van der Waals surface area contributed by atoms with Crippen molar-refractivity contribution in [1.29, 1.82) is 0 Å². The quantitative estimate of drug-likeness (QED) is 0.252. The first-order chi connectivity index (χ1) is 17.6. The van der Waals surface area contributed by atoms with Gasteiger partial charge in [-0.05, 0) is 123 Å². The van der Waals surface area contributed by atoms with Crippen LogP contribution in [0.5, 0.6) is 0 Å². The minimum atomic E-state index is 0.114. The van der Waals surface area contributed by atoms with E-state index >= 15 is 0 Å². The second-order valence-electron chi connectivity index (χ2n) is 15.5. The second kappa shape index (κ2) is 11.0. The Morgan fingerprint density at radius 1 is 0.946 bits per heavy atom. The maximum atomic E-state index is 12.9. The fourth-order valence-corrected chi connectivity index (χ4v) is 10.5. The van der Waals surface area contributed by atoms with E-state index in [1.54, 1.807) is 5.57 Å². The van der Waals surface area contributed by atoms with Crippen LogP contribution in [0.2, 0.25) is 0 Å². The van der Waals surface area contributed by atoms with Gasteiger partial charge in [-0.15, -0.1) is 0 Å². The summed E-state index contributed by atoms with van der Waals surface area (Å²) in [4.78, 5) is 12.9. The molecular weight excluding hydrogens is 452 g/mol. The third-order valence-corrected chi connectivity index (χ3v) is 12.9. The van der Waals surface area contributed by atoms with Gasteiger partial charge < -0.3 is 4.74 Å². The Kier molecular flexibility index (Phi) is 8.25. The van der Waals surface area contributed by atoms with E-state index in [9.17, 15) is 4.79 Å². The van der Waals surface area contributed by atoms with Crippen LogP contribution >= 0.6 is 0 Å². The lowest BCUT2D eigenvalue weighted by molar-refractivity contribution is -0.158. The zero-order valence-corrected chi connectivity index (χ0v) is 25.2. The standard InChI is InChI=1S/C35H58O2/c1-23(2)8-7-9-25(4)30-16-17-31-29-15-14-27-22-28(37-33(36)26-12-10-24(3)11-13-26)18-20-34(27,5)32(29)19-21-35(30,31)6/h14,23-26,28-32H,7-13,15-22H2,1-6H3. The predicted molar refractivity (Wildman–Crippen MR) is 154 cm³/mol. The molecule has 0 amide bonds. The molecule has 0 aliphatic heterocycles. The number of ether oxygens (including phenoxy) is 1. The van der Waals surface area contributed by atoms with Gasteiger partial charge >= 0.3 is 5.97 Å². The maximum absolute atomic E-state index is 12.9. The number of hydrogen-bond donors (Lipinski definition) is 0. The van der Waals surface area contributed by atoms with E-state index in [1.807, 2.05) is 0 Å². The van der Waals surface area contributed by atoms with Gasteiger partial charge in [0, 0.05) is 6.42 Å². The minimum Gasteiger partial charge on any atom is -0.462 e. The van der Waals surface area contributed by atoms with Crippen molar-refractivity contribution in [2.75, 3.05) is 0 Å². The van der Waals surface area contributed by atoms with Crippen molar-refractivity contribution < 1.29 is 9.53 Å². The minimum absolute atomic E-state index is 0.114. The van der Waals surface area contributed by atoms with Crippen LogP contribution in [-0.2, 0) is 9.53 Å². The van der Waals surface area contributed by atoms with Gasteiger partial charge in [0.05, 0.1) is 5.92 Å². The number of carbonyl (C=O) groups is 1. The number of carbonyl (C=O) groups excluding carboxylic acids is 1. The van der Waals surface area contributed by atoms with Crippen LogP contribution in [0.4, 0.5) is 0 Å². The molecule has 210 valence electrons. The summed E-state index contributed by atoms with van der Waals surface area (Å²) < 4.78 is 6.19. The van der Waals surface area contributed by atoms with Crippen molar-refractivity contribution >= 4 is 5.97 Å². The second-order valence-corrected chi connectivity index (χ2v) is 15.5. The van der Waals surface area contributed by atoms with Crippen LogP contribution < -0.4 is 0 Å². The number of hydrogen-bond acceptors (Lipinski definition) is 2. The molecule has 8 unspecified atom stereocenters. The van der Waals surface area contributed by atoms with E-state index < -0.39 is 0 Å². The topological polar surface area (TPSA) is 26.3 Å². The van der Waals surface area contributed by atoms with Crippen LogP contribution in [0.1, 0.15) is 138 Å². The smallest absolute Gasteiger partial charge is 0.309 e. The molecule has 0 N–H and O–H groups in total. The zero-order chi connectivity index (χ0) is 26.4. The highest BCUT2D eigenvalue weighted by Gasteiger charge is 2.59. The third-order valence-electron chi connectivity index (χ3n) is 12.9. The lowest BCUT2D eigenvalue weighted by Crippen LogP contribution is -2.51. The molecule has 0 aromatic carbocycles. The molecule has 0 aromatic rings. The molecule has 0 bridgehead atoms. The van der Waals surface area contributed by atoms with Crippen LogP contribution in [0.3, 0.4) is 0 Å². The van der Waals surface area contributed by atoms with Crippen molar-refractivity contribution in [2.24, 2.45) is 58.2 Å². The monoisotopic (exact) mass is 510 g/mol. The van der Waals surface area contributed by atoms with Gasteiger partial charge in [0.25, 0.3) is 0 Å². The molecule has 0 heterocycles. The van der Waals surface area contributed by atoms with Gasteiger partial charge in [0.15, 0.2) is 0 Å². The molecule has 0 radical (unpaired) electrons. The van der Waals surface area contributed by atoms with E-state index in [0.717, 1.165) is 67.1 Å². The summed E-state index contributed by atoms with van der Waals surface area (Å²) >= 11 is 0. The average Bonchev–Trinajstić information content (AvgIpc) is 3.21. The van der Waals surface area contributed by atoms with Gasteiger partial charge in [-0.3, -0.25) is 4.79 Å². The Labute approximate surface area is 229 Å². The average molecular weight is 511 g/mol. The van der Waals surface area contributed by atoms with Crippen LogP contribution in [0, 0.1) is 58.2 Å². The Hall–Kier alpha value is -0.790. The molecule has 5 aliphatic carbocycles. The SMILES string of the molecule is CC(C)CCCC(C)C1CCC2C3CC=C4CC(OC(=O)C5CCC(C)CC5)CCC4(C)C3CCC12C. The first kappa shape index (κ1) is 27.8. The summed E-state index contributed by atoms with van der Waals surface area (Å²) in [6.45, 7) is 15.0. The van der Waals surface area contributed by atoms with Gasteiger partial charge in [-0.25, -0.2) is 0 Å². The predicted octanol–water partition coefficient (Wildman–Crippen LogP) is 9.77. The molecular formula is C35H58O2. The third kappa shape index (κ3) is 5.35. The molecule has 0 spiro atoms. The van der Waals surface area contributed by atoms with Crippen molar-refractivity contribution in [3.63, 3.8) is 0 Å². The number of rotatable bonds is 7. The van der Waals surface area contributed by atoms with Gasteiger partial charge in [0.2, 0.25) is 0 Å². The fraction of sp³-hybridized carbons (Fsp3) is 0.914. The van der Waals surface area contributed by atoms with Crippen LogP contribution in [0.15, 0.2) is 11.6 Å². The highest BCUT2D eigenvalue weighted by molar-refractivity contribution is 5.72. The fourth-order valence-electron chi connectivity index (χ4n) is 10.5. The van der Waals surface area contributed by atoms with E-state index in [4.69, 9.17) is 4.74 Å². The summed E-state index contributed by atoms with van der Waals surface area (Å²) in [5.41, 5.74) is 2.55. The molecule has 2 nitrogen and oxygen atoms in total. The highest BCUT2D eigenvalue weighted by Crippen LogP contribution is 2.67. The molecule has 2 heteroatoms. The molecule has 0 aromatic heterocycles. The highest BCUT2D eigenvalue weighted by atomic mass is 16.5. The number of allylic oxidation sites excluding steroid dienone is 1. The van der Waals surface area contributed by atoms with E-state index in [1.165, 1.54) is 70.6 Å². The lowest BCUT2D eigenvalue weighted by atomic mass is 9.47. The molecule has 8 atom stereocenters. The normalized spacial score (nSPS) is 44.4. The van der Waals surface area contributed by atoms with E-state index in [2.05, 4.69) is 47.6 Å². The summed E-state index contributed by atoms with van der Waals surface area (Å²) in [5.74, 6) is 6.35. The molecule has 5 aliphatic rings. The first-order valence-electron chi connectivity index (χ1n) is 16.5. The van der Waals surface area contributed by atoms with Gasteiger partial charge in [0.1, 0.15) is 6.10 Å². The van der Waals surface area contributed by atoms with Crippen molar-refractivity contribution in [1.82, 2.24) is 0 Å². The maximum Gasteiger partial charge on any atom is 0.309 e. The van der Waals surface area contributed by atoms with Gasteiger partial charge in [-0.2, -0.15) is 0 Å². The Morgan fingerprint density at radius 2 is 1.70 bits per heavy atom. The molecule has 0 saturated heterocycles. The Balaban J connectivity index is 1.22. The van der Waals surface area contributed by atoms with Gasteiger partial charge in [-0.1, -0.05) is 72.5 Å². The largest absolute Gasteiger partial charge is 0.462 e. The lowest BCUT2D eigenvalue weighted by Gasteiger charge is -2.58. The van der Waals surface area contributed by atoms with Crippen LogP contribution in [-0.4, -0.2) is 12.1 Å². The van der Waals surface area contributed by atoms with Crippen molar-refractivity contribution in [3.05, 3.63) is 11.6 Å².